The van der Waals surface area contributed by atoms with Gasteiger partial charge in [-0.25, -0.2) is 0 Å². The topological polar surface area (TPSA) is 43.8 Å². The van der Waals surface area contributed by atoms with Crippen LogP contribution in [0.2, 0.25) is 0 Å². The number of likely N-dealkylation sites (N-methyl/N-ethyl adjacent to an activating group) is 1. The molecular formula is C15H30N2O2. The maximum atomic E-state index is 11.6. The first-order chi connectivity index (χ1) is 8.92. The third-order valence-electron chi connectivity index (χ3n) is 4.37. The molecule has 1 aliphatic rings. The summed E-state index contributed by atoms with van der Waals surface area (Å²) in [5, 5.41) is 9.54. The minimum Gasteiger partial charge on any atom is -0.481 e. The van der Waals surface area contributed by atoms with Gasteiger partial charge in [0.1, 0.15) is 0 Å². The molecule has 2 atom stereocenters. The smallest absolute Gasteiger partial charge is 0.310 e. The molecule has 1 fully saturated rings. The SMILES string of the molecule is CCCC(C)(CN1CCCN(C)CC1CC)C(=O)O. The monoisotopic (exact) mass is 270 g/mol. The molecule has 112 valence electrons. The van der Waals surface area contributed by atoms with Gasteiger partial charge in [-0.3, -0.25) is 9.69 Å². The molecule has 1 N–H and O–H groups in total. The number of nitrogens with zero attached hydrogens (tertiary/aromatic N) is 2. The molecule has 1 saturated heterocycles. The predicted molar refractivity (Wildman–Crippen MR) is 78.4 cm³/mol. The van der Waals surface area contributed by atoms with E-state index < -0.39 is 11.4 Å². The van der Waals surface area contributed by atoms with E-state index >= 15 is 0 Å². The summed E-state index contributed by atoms with van der Waals surface area (Å²) >= 11 is 0. The number of carboxylic acids is 1. The van der Waals surface area contributed by atoms with E-state index in [2.05, 4.69) is 30.7 Å². The summed E-state index contributed by atoms with van der Waals surface area (Å²) in [6.45, 7) is 10.0. The highest BCUT2D eigenvalue weighted by Crippen LogP contribution is 2.27. The Hall–Kier alpha value is -0.610. The van der Waals surface area contributed by atoms with Crippen molar-refractivity contribution in [2.24, 2.45) is 5.41 Å². The van der Waals surface area contributed by atoms with E-state index in [1.807, 2.05) is 6.92 Å². The molecule has 1 rings (SSSR count). The van der Waals surface area contributed by atoms with E-state index in [4.69, 9.17) is 0 Å². The Labute approximate surface area is 117 Å². The Bertz CT molecular complexity index is 296. The van der Waals surface area contributed by atoms with Crippen LogP contribution in [0.1, 0.15) is 46.5 Å². The van der Waals surface area contributed by atoms with Gasteiger partial charge in [0, 0.05) is 19.1 Å². The molecule has 19 heavy (non-hydrogen) atoms. The van der Waals surface area contributed by atoms with Crippen molar-refractivity contribution in [3.8, 4) is 0 Å². The molecule has 0 bridgehead atoms. The van der Waals surface area contributed by atoms with Crippen LogP contribution in [0, 0.1) is 5.41 Å². The Morgan fingerprint density at radius 3 is 2.58 bits per heavy atom. The zero-order valence-electron chi connectivity index (χ0n) is 13.0. The van der Waals surface area contributed by atoms with Gasteiger partial charge in [-0.2, -0.15) is 0 Å². The Morgan fingerprint density at radius 2 is 2.05 bits per heavy atom. The molecular weight excluding hydrogens is 240 g/mol. The molecule has 0 radical (unpaired) electrons. The summed E-state index contributed by atoms with van der Waals surface area (Å²) in [7, 11) is 2.16. The number of carboxylic acid groups (broad SMARTS) is 1. The Kier molecular flexibility index (Phi) is 6.27. The molecule has 2 unspecified atom stereocenters. The van der Waals surface area contributed by atoms with Crippen molar-refractivity contribution < 1.29 is 9.90 Å². The van der Waals surface area contributed by atoms with E-state index in [0.717, 1.165) is 45.3 Å². The maximum absolute atomic E-state index is 11.6. The van der Waals surface area contributed by atoms with E-state index in [9.17, 15) is 9.90 Å². The molecule has 0 spiro atoms. The van der Waals surface area contributed by atoms with Gasteiger partial charge in [-0.05, 0) is 46.3 Å². The second-order valence-electron chi connectivity index (χ2n) is 6.26. The second kappa shape index (κ2) is 7.25. The Balaban J connectivity index is 2.77. The van der Waals surface area contributed by atoms with Crippen molar-refractivity contribution in [2.75, 3.05) is 33.2 Å². The number of aliphatic carboxylic acids is 1. The molecule has 0 saturated carbocycles. The summed E-state index contributed by atoms with van der Waals surface area (Å²) in [6, 6.07) is 0.489. The average molecular weight is 270 g/mol. The first-order valence-corrected chi connectivity index (χ1v) is 7.59. The van der Waals surface area contributed by atoms with Crippen molar-refractivity contribution in [3.63, 3.8) is 0 Å². The first-order valence-electron chi connectivity index (χ1n) is 7.59. The van der Waals surface area contributed by atoms with Crippen LogP contribution < -0.4 is 0 Å². The highest BCUT2D eigenvalue weighted by Gasteiger charge is 2.36. The number of hydrogen-bond acceptors (Lipinski definition) is 3. The fourth-order valence-electron chi connectivity index (χ4n) is 3.14. The fraction of sp³-hybridized carbons (Fsp3) is 0.933. The molecule has 4 heteroatoms. The lowest BCUT2D eigenvalue weighted by Gasteiger charge is -2.36. The lowest BCUT2D eigenvalue weighted by atomic mass is 9.84. The van der Waals surface area contributed by atoms with Crippen molar-refractivity contribution in [2.45, 2.75) is 52.5 Å². The maximum Gasteiger partial charge on any atom is 0.310 e. The zero-order chi connectivity index (χ0) is 14.5. The van der Waals surface area contributed by atoms with Crippen molar-refractivity contribution >= 4 is 5.97 Å². The highest BCUT2D eigenvalue weighted by atomic mass is 16.4. The van der Waals surface area contributed by atoms with Crippen molar-refractivity contribution in [1.29, 1.82) is 0 Å². The quantitative estimate of drug-likeness (QED) is 0.804. The minimum absolute atomic E-state index is 0.489. The van der Waals surface area contributed by atoms with Crippen molar-refractivity contribution in [3.05, 3.63) is 0 Å². The third kappa shape index (κ3) is 4.46. The summed E-state index contributed by atoms with van der Waals surface area (Å²) in [4.78, 5) is 16.4. The molecule has 1 heterocycles. The molecule has 0 amide bonds. The number of hydrogen-bond donors (Lipinski definition) is 1. The lowest BCUT2D eigenvalue weighted by Crippen LogP contribution is -2.47. The lowest BCUT2D eigenvalue weighted by molar-refractivity contribution is -0.150. The molecule has 0 aliphatic carbocycles. The van der Waals surface area contributed by atoms with E-state index in [1.54, 1.807) is 0 Å². The van der Waals surface area contributed by atoms with Gasteiger partial charge in [0.25, 0.3) is 0 Å². The van der Waals surface area contributed by atoms with Crippen LogP contribution in [0.3, 0.4) is 0 Å². The molecule has 0 aromatic rings. The summed E-state index contributed by atoms with van der Waals surface area (Å²) in [6.07, 6.45) is 3.90. The summed E-state index contributed by atoms with van der Waals surface area (Å²) < 4.78 is 0. The average Bonchev–Trinajstić information content (AvgIpc) is 2.51. The van der Waals surface area contributed by atoms with E-state index in [0.29, 0.717) is 12.6 Å². The Morgan fingerprint density at radius 1 is 1.37 bits per heavy atom. The molecule has 4 nitrogen and oxygen atoms in total. The molecule has 0 aromatic carbocycles. The van der Waals surface area contributed by atoms with Crippen LogP contribution in [-0.4, -0.2) is 60.1 Å². The summed E-state index contributed by atoms with van der Waals surface area (Å²) in [5.41, 5.74) is -0.606. The third-order valence-corrected chi connectivity index (χ3v) is 4.37. The fourth-order valence-corrected chi connectivity index (χ4v) is 3.14. The van der Waals surface area contributed by atoms with Gasteiger partial charge in [0.15, 0.2) is 0 Å². The number of rotatable bonds is 6. The number of carbonyl (C=O) groups is 1. The summed E-state index contributed by atoms with van der Waals surface area (Å²) in [5.74, 6) is -0.651. The van der Waals surface area contributed by atoms with E-state index in [1.165, 1.54) is 0 Å². The second-order valence-corrected chi connectivity index (χ2v) is 6.26. The minimum atomic E-state index is -0.651. The first kappa shape index (κ1) is 16.4. The molecule has 0 aromatic heterocycles. The van der Waals surface area contributed by atoms with Gasteiger partial charge in [-0.15, -0.1) is 0 Å². The van der Waals surface area contributed by atoms with E-state index in [-0.39, 0.29) is 0 Å². The standard InChI is InChI=1S/C15H30N2O2/c1-5-8-15(3,14(18)19)12-17-10-7-9-16(4)11-13(17)6-2/h13H,5-12H2,1-4H3,(H,18,19). The van der Waals surface area contributed by atoms with Gasteiger partial charge >= 0.3 is 5.97 Å². The van der Waals surface area contributed by atoms with Gasteiger partial charge in [0.2, 0.25) is 0 Å². The predicted octanol–water partition coefficient (Wildman–Crippen LogP) is 2.29. The van der Waals surface area contributed by atoms with Crippen LogP contribution in [-0.2, 0) is 4.79 Å². The largest absolute Gasteiger partial charge is 0.481 e. The van der Waals surface area contributed by atoms with Crippen LogP contribution >= 0.6 is 0 Å². The van der Waals surface area contributed by atoms with Crippen LogP contribution in [0.15, 0.2) is 0 Å². The van der Waals surface area contributed by atoms with Crippen LogP contribution in [0.25, 0.3) is 0 Å². The molecule has 1 aliphatic heterocycles. The van der Waals surface area contributed by atoms with Gasteiger partial charge < -0.3 is 10.0 Å². The van der Waals surface area contributed by atoms with Crippen LogP contribution in [0.5, 0.6) is 0 Å². The van der Waals surface area contributed by atoms with Gasteiger partial charge in [-0.1, -0.05) is 20.3 Å². The van der Waals surface area contributed by atoms with Crippen molar-refractivity contribution in [1.82, 2.24) is 9.80 Å². The normalized spacial score (nSPS) is 25.8. The van der Waals surface area contributed by atoms with Gasteiger partial charge in [0.05, 0.1) is 5.41 Å². The van der Waals surface area contributed by atoms with Crippen LogP contribution in [0.4, 0.5) is 0 Å². The highest BCUT2D eigenvalue weighted by molar-refractivity contribution is 5.74. The zero-order valence-corrected chi connectivity index (χ0v) is 13.0.